The molecule has 2 fully saturated rings. The molecule has 2 aliphatic rings. The first-order chi connectivity index (χ1) is 14.5. The second-order valence-electron chi connectivity index (χ2n) is 8.29. The van der Waals surface area contributed by atoms with Crippen molar-refractivity contribution in [2.75, 3.05) is 49.5 Å². The largest absolute Gasteiger partial charge is 0.368 e. The molecule has 1 N–H and O–H groups in total. The van der Waals surface area contributed by atoms with E-state index in [2.05, 4.69) is 42.3 Å². The Morgan fingerprint density at radius 2 is 1.83 bits per heavy atom. The summed E-state index contributed by atoms with van der Waals surface area (Å²) in [4.78, 5) is 31.9. The Hall–Kier alpha value is -2.54. The Labute approximate surface area is 182 Å². The van der Waals surface area contributed by atoms with Crippen LogP contribution in [0.4, 0.5) is 15.5 Å². The maximum Gasteiger partial charge on any atom is 0.322 e. The molecule has 0 saturated carbocycles. The lowest BCUT2D eigenvalue weighted by Gasteiger charge is -2.40. The molecule has 3 heterocycles. The average molecular weight is 427 g/mol. The third-order valence-corrected chi connectivity index (χ3v) is 6.89. The minimum atomic E-state index is -0.102. The van der Waals surface area contributed by atoms with Gasteiger partial charge in [0.05, 0.1) is 10.9 Å². The molecule has 1 unspecified atom stereocenters. The molecule has 1 aromatic heterocycles. The molecule has 30 heavy (non-hydrogen) atoms. The van der Waals surface area contributed by atoms with Crippen molar-refractivity contribution in [3.05, 3.63) is 46.8 Å². The highest BCUT2D eigenvalue weighted by Crippen LogP contribution is 2.25. The number of hydrogen-bond acceptors (Lipinski definition) is 4. The van der Waals surface area contributed by atoms with Crippen LogP contribution in [0.5, 0.6) is 0 Å². The number of urea groups is 1. The summed E-state index contributed by atoms with van der Waals surface area (Å²) < 4.78 is 0. The highest BCUT2D eigenvalue weighted by atomic mass is 32.1. The standard InChI is InChI=1S/C23H30N4O2S/c1-17-7-8-18(2)20(15-17)25-10-12-26(13-11-25)22(28)19-5-3-9-27(16-19)23(29)24-21-6-4-14-30-21/h4,6-8,14-15,19H,3,5,9-13,16H2,1-2H3,(H,24,29). The highest BCUT2D eigenvalue weighted by molar-refractivity contribution is 7.14. The Balaban J connectivity index is 1.32. The number of hydrogen-bond donors (Lipinski definition) is 1. The van der Waals surface area contributed by atoms with Gasteiger partial charge in [-0.1, -0.05) is 12.1 Å². The van der Waals surface area contributed by atoms with Crippen molar-refractivity contribution in [1.29, 1.82) is 0 Å². The molecule has 2 aliphatic heterocycles. The van der Waals surface area contributed by atoms with Crippen LogP contribution in [0.25, 0.3) is 0 Å². The normalized spacial score (nSPS) is 19.7. The van der Waals surface area contributed by atoms with E-state index < -0.39 is 0 Å². The van der Waals surface area contributed by atoms with Crippen LogP contribution in [-0.4, -0.2) is 61.0 Å². The zero-order valence-corrected chi connectivity index (χ0v) is 18.6. The summed E-state index contributed by atoms with van der Waals surface area (Å²) in [5.74, 6) is 0.101. The predicted octanol–water partition coefficient (Wildman–Crippen LogP) is 3.96. The van der Waals surface area contributed by atoms with Gasteiger partial charge in [0.1, 0.15) is 0 Å². The van der Waals surface area contributed by atoms with E-state index in [4.69, 9.17) is 0 Å². The van der Waals surface area contributed by atoms with Gasteiger partial charge < -0.3 is 14.7 Å². The molecule has 2 saturated heterocycles. The van der Waals surface area contributed by atoms with Crippen LogP contribution in [-0.2, 0) is 4.79 Å². The molecule has 0 aliphatic carbocycles. The summed E-state index contributed by atoms with van der Waals surface area (Å²) in [6.45, 7) is 8.66. The summed E-state index contributed by atoms with van der Waals surface area (Å²) in [6, 6.07) is 10.3. The van der Waals surface area contributed by atoms with Gasteiger partial charge >= 0.3 is 6.03 Å². The average Bonchev–Trinajstić information content (AvgIpc) is 3.28. The van der Waals surface area contributed by atoms with Gasteiger partial charge in [0.15, 0.2) is 0 Å². The van der Waals surface area contributed by atoms with Crippen LogP contribution < -0.4 is 10.2 Å². The predicted molar refractivity (Wildman–Crippen MR) is 122 cm³/mol. The molecule has 1 aromatic carbocycles. The zero-order valence-electron chi connectivity index (χ0n) is 17.8. The number of carbonyl (C=O) groups is 2. The van der Waals surface area contributed by atoms with Gasteiger partial charge in [-0.2, -0.15) is 0 Å². The van der Waals surface area contributed by atoms with E-state index in [-0.39, 0.29) is 17.9 Å². The van der Waals surface area contributed by atoms with Crippen LogP contribution >= 0.6 is 11.3 Å². The summed E-state index contributed by atoms with van der Waals surface area (Å²) >= 11 is 1.51. The molecule has 4 rings (SSSR count). The van der Waals surface area contributed by atoms with Crippen molar-refractivity contribution in [3.63, 3.8) is 0 Å². The fourth-order valence-electron chi connectivity index (χ4n) is 4.38. The number of anilines is 2. The van der Waals surface area contributed by atoms with Gasteiger partial charge in [0.2, 0.25) is 5.91 Å². The van der Waals surface area contributed by atoms with Crippen LogP contribution in [0.3, 0.4) is 0 Å². The molecule has 1 atom stereocenters. The fraction of sp³-hybridized carbons (Fsp3) is 0.478. The van der Waals surface area contributed by atoms with Crippen LogP contribution in [0.15, 0.2) is 35.7 Å². The number of likely N-dealkylation sites (tertiary alicyclic amines) is 1. The van der Waals surface area contributed by atoms with E-state index >= 15 is 0 Å². The third-order valence-electron chi connectivity index (χ3n) is 6.11. The number of rotatable bonds is 3. The highest BCUT2D eigenvalue weighted by Gasteiger charge is 2.32. The Bertz CT molecular complexity index is 891. The molecule has 160 valence electrons. The van der Waals surface area contributed by atoms with Gasteiger partial charge in [-0.3, -0.25) is 10.1 Å². The van der Waals surface area contributed by atoms with Gasteiger partial charge in [-0.15, -0.1) is 11.3 Å². The molecule has 7 heteroatoms. The van der Waals surface area contributed by atoms with E-state index in [9.17, 15) is 9.59 Å². The molecule has 0 bridgehead atoms. The molecule has 0 spiro atoms. The first-order valence-electron chi connectivity index (χ1n) is 10.7. The number of nitrogens with one attached hydrogen (secondary N) is 1. The Kier molecular flexibility index (Phi) is 6.27. The number of carbonyl (C=O) groups excluding carboxylic acids is 2. The zero-order chi connectivity index (χ0) is 21.1. The first-order valence-corrected chi connectivity index (χ1v) is 11.6. The Morgan fingerprint density at radius 3 is 2.57 bits per heavy atom. The summed E-state index contributed by atoms with van der Waals surface area (Å²) in [7, 11) is 0. The van der Waals surface area contributed by atoms with E-state index in [1.54, 1.807) is 4.90 Å². The summed E-state index contributed by atoms with van der Waals surface area (Å²) in [5.41, 5.74) is 3.81. The number of piperidine rings is 1. The minimum Gasteiger partial charge on any atom is -0.368 e. The van der Waals surface area contributed by atoms with Crippen LogP contribution in [0.1, 0.15) is 24.0 Å². The second-order valence-corrected chi connectivity index (χ2v) is 9.24. The lowest BCUT2D eigenvalue weighted by molar-refractivity contribution is -0.137. The molecule has 6 nitrogen and oxygen atoms in total. The minimum absolute atomic E-state index is 0.0971. The number of benzene rings is 1. The van der Waals surface area contributed by atoms with Crippen molar-refractivity contribution in [1.82, 2.24) is 9.80 Å². The Morgan fingerprint density at radius 1 is 1.03 bits per heavy atom. The van der Waals surface area contributed by atoms with Gasteiger partial charge in [-0.25, -0.2) is 4.79 Å². The third kappa shape index (κ3) is 4.61. The molecular formula is C23H30N4O2S. The quantitative estimate of drug-likeness (QED) is 0.808. The fourth-order valence-corrected chi connectivity index (χ4v) is 4.99. The summed E-state index contributed by atoms with van der Waals surface area (Å²) in [5, 5.41) is 5.72. The van der Waals surface area contributed by atoms with E-state index in [0.717, 1.165) is 44.0 Å². The number of thiophene rings is 1. The smallest absolute Gasteiger partial charge is 0.322 e. The summed E-state index contributed by atoms with van der Waals surface area (Å²) in [6.07, 6.45) is 1.73. The van der Waals surface area contributed by atoms with E-state index in [1.165, 1.54) is 28.2 Å². The van der Waals surface area contributed by atoms with Crippen molar-refractivity contribution < 1.29 is 9.59 Å². The van der Waals surface area contributed by atoms with Crippen molar-refractivity contribution in [2.45, 2.75) is 26.7 Å². The number of aryl methyl sites for hydroxylation is 2. The van der Waals surface area contributed by atoms with Crippen molar-refractivity contribution in [2.24, 2.45) is 5.92 Å². The van der Waals surface area contributed by atoms with Gasteiger partial charge in [-0.05, 0) is 61.4 Å². The number of nitrogens with zero attached hydrogens (tertiary/aromatic N) is 3. The van der Waals surface area contributed by atoms with Gasteiger partial charge in [0.25, 0.3) is 0 Å². The van der Waals surface area contributed by atoms with Crippen LogP contribution in [0.2, 0.25) is 0 Å². The maximum absolute atomic E-state index is 13.2. The monoisotopic (exact) mass is 426 g/mol. The molecule has 2 aromatic rings. The number of piperazine rings is 1. The molecule has 3 amide bonds. The maximum atomic E-state index is 13.2. The lowest BCUT2D eigenvalue weighted by Crippen LogP contribution is -2.53. The number of amides is 3. The van der Waals surface area contributed by atoms with E-state index in [1.807, 2.05) is 22.4 Å². The SMILES string of the molecule is Cc1ccc(C)c(N2CCN(C(=O)C3CCCN(C(=O)Nc4cccs4)C3)CC2)c1. The molecule has 0 radical (unpaired) electrons. The van der Waals surface area contributed by atoms with E-state index in [0.29, 0.717) is 13.1 Å². The molecular weight excluding hydrogens is 396 g/mol. The topological polar surface area (TPSA) is 55.9 Å². The van der Waals surface area contributed by atoms with Crippen molar-refractivity contribution in [3.8, 4) is 0 Å². The first kappa shape index (κ1) is 20.7. The van der Waals surface area contributed by atoms with Crippen molar-refractivity contribution >= 4 is 34.0 Å². The van der Waals surface area contributed by atoms with Gasteiger partial charge in [0, 0.05) is 45.0 Å². The second kappa shape index (κ2) is 9.08. The lowest BCUT2D eigenvalue weighted by atomic mass is 9.96. The van der Waals surface area contributed by atoms with Crippen LogP contribution in [0, 0.1) is 19.8 Å².